The number of hydrogen-bond acceptors (Lipinski definition) is 4. The minimum atomic E-state index is 0.0450. The molecule has 1 heterocycles. The summed E-state index contributed by atoms with van der Waals surface area (Å²) >= 11 is 0. The third kappa shape index (κ3) is 4.82. The van der Waals surface area contributed by atoms with Crippen molar-refractivity contribution in [2.75, 3.05) is 44.8 Å². The van der Waals surface area contributed by atoms with Gasteiger partial charge in [0.1, 0.15) is 11.5 Å². The van der Waals surface area contributed by atoms with Crippen LogP contribution in [-0.4, -0.2) is 50.7 Å². The van der Waals surface area contributed by atoms with Crippen molar-refractivity contribution < 1.29 is 14.3 Å². The van der Waals surface area contributed by atoms with E-state index in [1.54, 1.807) is 13.2 Å². The van der Waals surface area contributed by atoms with Crippen LogP contribution >= 0.6 is 0 Å². The SMILES string of the molecule is CCOc1ccccc1N1CCN(C(=O)/C=C/c2ccc(OC)cc2)CC1. The van der Waals surface area contributed by atoms with E-state index in [0.29, 0.717) is 19.7 Å². The lowest BCUT2D eigenvalue weighted by Crippen LogP contribution is -2.48. The normalized spacial score (nSPS) is 14.4. The molecule has 5 heteroatoms. The number of anilines is 1. The first-order valence-corrected chi connectivity index (χ1v) is 9.29. The Labute approximate surface area is 160 Å². The zero-order valence-corrected chi connectivity index (χ0v) is 15.9. The molecule has 0 saturated carbocycles. The molecule has 0 atom stereocenters. The van der Waals surface area contributed by atoms with E-state index < -0.39 is 0 Å². The lowest BCUT2D eigenvalue weighted by atomic mass is 10.2. The molecule has 2 aromatic carbocycles. The number of amides is 1. The third-order valence-corrected chi connectivity index (χ3v) is 4.63. The molecule has 1 aliphatic heterocycles. The van der Waals surface area contributed by atoms with E-state index in [1.165, 1.54) is 0 Å². The van der Waals surface area contributed by atoms with E-state index in [4.69, 9.17) is 9.47 Å². The Morgan fingerprint density at radius 1 is 1.04 bits per heavy atom. The molecule has 0 spiro atoms. The molecule has 0 N–H and O–H groups in total. The highest BCUT2D eigenvalue weighted by Gasteiger charge is 2.21. The summed E-state index contributed by atoms with van der Waals surface area (Å²) in [6, 6.07) is 15.7. The molecule has 1 fully saturated rings. The van der Waals surface area contributed by atoms with E-state index in [-0.39, 0.29) is 5.91 Å². The maximum Gasteiger partial charge on any atom is 0.246 e. The number of ether oxygens (including phenoxy) is 2. The van der Waals surface area contributed by atoms with Gasteiger partial charge in [-0.1, -0.05) is 24.3 Å². The van der Waals surface area contributed by atoms with Gasteiger partial charge in [-0.2, -0.15) is 0 Å². The van der Waals surface area contributed by atoms with Gasteiger partial charge in [0.05, 0.1) is 19.4 Å². The highest BCUT2D eigenvalue weighted by atomic mass is 16.5. The Morgan fingerprint density at radius 2 is 1.74 bits per heavy atom. The Kier molecular flexibility index (Phi) is 6.36. The fraction of sp³-hybridized carbons (Fsp3) is 0.318. The van der Waals surface area contributed by atoms with Crippen LogP contribution in [0.15, 0.2) is 54.6 Å². The number of hydrogen-bond donors (Lipinski definition) is 0. The summed E-state index contributed by atoms with van der Waals surface area (Å²) in [5.41, 5.74) is 2.08. The fourth-order valence-corrected chi connectivity index (χ4v) is 3.15. The van der Waals surface area contributed by atoms with E-state index in [0.717, 1.165) is 35.8 Å². The van der Waals surface area contributed by atoms with Crippen LogP contribution in [-0.2, 0) is 4.79 Å². The van der Waals surface area contributed by atoms with Crippen molar-refractivity contribution in [1.82, 2.24) is 4.90 Å². The van der Waals surface area contributed by atoms with Crippen LogP contribution in [0.3, 0.4) is 0 Å². The topological polar surface area (TPSA) is 42.0 Å². The smallest absolute Gasteiger partial charge is 0.246 e. The van der Waals surface area contributed by atoms with Crippen LogP contribution in [0, 0.1) is 0 Å². The summed E-state index contributed by atoms with van der Waals surface area (Å²) in [6.07, 6.45) is 3.49. The van der Waals surface area contributed by atoms with Gasteiger partial charge in [0.25, 0.3) is 0 Å². The van der Waals surface area contributed by atoms with Gasteiger partial charge in [-0.05, 0) is 42.8 Å². The van der Waals surface area contributed by atoms with Gasteiger partial charge in [0.2, 0.25) is 5.91 Å². The molecule has 1 aliphatic rings. The zero-order valence-electron chi connectivity index (χ0n) is 15.9. The number of nitrogens with zero attached hydrogens (tertiary/aromatic N) is 2. The van der Waals surface area contributed by atoms with Crippen molar-refractivity contribution in [2.24, 2.45) is 0 Å². The molecule has 0 unspecified atom stereocenters. The second kappa shape index (κ2) is 9.12. The van der Waals surface area contributed by atoms with Gasteiger partial charge in [-0.15, -0.1) is 0 Å². The molecule has 5 nitrogen and oxygen atoms in total. The highest BCUT2D eigenvalue weighted by Crippen LogP contribution is 2.28. The first-order valence-electron chi connectivity index (χ1n) is 9.29. The molecular formula is C22H26N2O3. The lowest BCUT2D eigenvalue weighted by molar-refractivity contribution is -0.126. The summed E-state index contributed by atoms with van der Waals surface area (Å²) in [7, 11) is 1.64. The summed E-state index contributed by atoms with van der Waals surface area (Å²) in [4.78, 5) is 16.6. The Balaban J connectivity index is 1.57. The first kappa shape index (κ1) is 18.8. The van der Waals surface area contributed by atoms with E-state index in [2.05, 4.69) is 11.0 Å². The maximum absolute atomic E-state index is 12.5. The molecule has 1 amide bonds. The van der Waals surface area contributed by atoms with E-state index in [1.807, 2.05) is 60.4 Å². The standard InChI is InChI=1S/C22H26N2O3/c1-3-27-21-7-5-4-6-20(21)23-14-16-24(17-15-23)22(25)13-10-18-8-11-19(26-2)12-9-18/h4-13H,3,14-17H2,1-2H3/b13-10+. The van der Waals surface area contributed by atoms with Crippen molar-refractivity contribution >= 4 is 17.7 Å². The van der Waals surface area contributed by atoms with E-state index in [9.17, 15) is 4.79 Å². The number of carbonyl (C=O) groups excluding carboxylic acids is 1. The molecule has 0 aromatic heterocycles. The third-order valence-electron chi connectivity index (χ3n) is 4.63. The Bertz CT molecular complexity index is 778. The van der Waals surface area contributed by atoms with Gasteiger partial charge < -0.3 is 19.3 Å². The number of benzene rings is 2. The van der Waals surface area contributed by atoms with Gasteiger partial charge in [-0.25, -0.2) is 0 Å². The molecule has 2 aromatic rings. The Morgan fingerprint density at radius 3 is 2.41 bits per heavy atom. The average Bonchev–Trinajstić information content (AvgIpc) is 2.73. The van der Waals surface area contributed by atoms with Crippen LogP contribution in [0.4, 0.5) is 5.69 Å². The number of piperazine rings is 1. The Hall–Kier alpha value is -2.95. The molecule has 0 aliphatic carbocycles. The maximum atomic E-state index is 12.5. The summed E-state index contributed by atoms with van der Waals surface area (Å²) in [5, 5.41) is 0. The van der Waals surface area contributed by atoms with Crippen LogP contribution in [0.25, 0.3) is 6.08 Å². The second-order valence-electron chi connectivity index (χ2n) is 6.32. The first-order chi connectivity index (χ1) is 13.2. The second-order valence-corrected chi connectivity index (χ2v) is 6.32. The minimum absolute atomic E-state index is 0.0450. The molecule has 142 valence electrons. The van der Waals surface area contributed by atoms with Gasteiger partial charge >= 0.3 is 0 Å². The molecule has 27 heavy (non-hydrogen) atoms. The number of para-hydroxylation sites is 2. The zero-order chi connectivity index (χ0) is 19.1. The minimum Gasteiger partial charge on any atom is -0.497 e. The number of rotatable bonds is 6. The summed E-state index contributed by atoms with van der Waals surface area (Å²) in [5.74, 6) is 1.75. The largest absolute Gasteiger partial charge is 0.497 e. The monoisotopic (exact) mass is 366 g/mol. The predicted molar refractivity (Wildman–Crippen MR) is 108 cm³/mol. The van der Waals surface area contributed by atoms with Crippen molar-refractivity contribution in [3.8, 4) is 11.5 Å². The molecule has 0 radical (unpaired) electrons. The van der Waals surface area contributed by atoms with Crippen LogP contribution in [0.1, 0.15) is 12.5 Å². The number of carbonyl (C=O) groups is 1. The molecule has 0 bridgehead atoms. The van der Waals surface area contributed by atoms with Gasteiger partial charge in [0.15, 0.2) is 0 Å². The molecular weight excluding hydrogens is 340 g/mol. The average molecular weight is 366 g/mol. The molecule has 1 saturated heterocycles. The van der Waals surface area contributed by atoms with Crippen LogP contribution < -0.4 is 14.4 Å². The quantitative estimate of drug-likeness (QED) is 0.735. The van der Waals surface area contributed by atoms with Gasteiger partial charge in [0, 0.05) is 32.3 Å². The summed E-state index contributed by atoms with van der Waals surface area (Å²) in [6.45, 7) is 5.63. The number of methoxy groups -OCH3 is 1. The summed E-state index contributed by atoms with van der Waals surface area (Å²) < 4.78 is 10.9. The predicted octanol–water partition coefficient (Wildman–Crippen LogP) is 3.46. The van der Waals surface area contributed by atoms with Crippen molar-refractivity contribution in [3.05, 3.63) is 60.2 Å². The lowest BCUT2D eigenvalue weighted by Gasteiger charge is -2.36. The van der Waals surface area contributed by atoms with Crippen molar-refractivity contribution in [1.29, 1.82) is 0 Å². The van der Waals surface area contributed by atoms with Crippen molar-refractivity contribution in [3.63, 3.8) is 0 Å². The fourth-order valence-electron chi connectivity index (χ4n) is 3.15. The van der Waals surface area contributed by atoms with E-state index >= 15 is 0 Å². The molecule has 3 rings (SSSR count). The van der Waals surface area contributed by atoms with Crippen LogP contribution in [0.2, 0.25) is 0 Å². The van der Waals surface area contributed by atoms with Crippen molar-refractivity contribution in [2.45, 2.75) is 6.92 Å². The van der Waals surface area contributed by atoms with Crippen LogP contribution in [0.5, 0.6) is 11.5 Å². The van der Waals surface area contributed by atoms with Gasteiger partial charge in [-0.3, -0.25) is 4.79 Å². The highest BCUT2D eigenvalue weighted by molar-refractivity contribution is 5.92.